The summed E-state index contributed by atoms with van der Waals surface area (Å²) >= 11 is 0. The number of rotatable bonds is 4. The van der Waals surface area contributed by atoms with E-state index in [0.717, 1.165) is 0 Å². The zero-order chi connectivity index (χ0) is 15.8. The first-order valence-electron chi connectivity index (χ1n) is 6.44. The van der Waals surface area contributed by atoms with Crippen LogP contribution in [0.2, 0.25) is 0 Å². The summed E-state index contributed by atoms with van der Waals surface area (Å²) in [4.78, 5) is 10.2. The van der Waals surface area contributed by atoms with Crippen molar-refractivity contribution in [3.63, 3.8) is 0 Å². The van der Waals surface area contributed by atoms with E-state index in [1.165, 1.54) is 18.2 Å². The van der Waals surface area contributed by atoms with Crippen LogP contribution in [0, 0.1) is 6.92 Å². The van der Waals surface area contributed by atoms with Crippen molar-refractivity contribution in [1.29, 1.82) is 0 Å². The third-order valence-electron chi connectivity index (χ3n) is 2.82. The molecule has 1 aromatic carbocycles. The first kappa shape index (κ1) is 18.0. The number of ether oxygens (including phenoxy) is 1. The summed E-state index contributed by atoms with van der Waals surface area (Å²) in [6.45, 7) is 15.1. The third kappa shape index (κ3) is 5.74. The average Bonchev–Trinajstić information content (AvgIpc) is 2.38. The maximum Gasteiger partial charge on any atom is 0.332 e. The number of hydrogen-bond donors (Lipinski definition) is 1. The summed E-state index contributed by atoms with van der Waals surface area (Å²) in [5.74, 6) is -0.347. The van der Waals surface area contributed by atoms with Gasteiger partial charge < -0.3 is 10.1 Å². The van der Waals surface area contributed by atoms with Gasteiger partial charge in [0.25, 0.3) is 0 Å². The summed E-state index contributed by atoms with van der Waals surface area (Å²) in [6.07, 6.45) is 1.74. The van der Waals surface area contributed by atoms with E-state index in [1.807, 2.05) is 0 Å². The molecule has 3 nitrogen and oxygen atoms in total. The van der Waals surface area contributed by atoms with Crippen molar-refractivity contribution in [3.05, 3.63) is 60.3 Å². The van der Waals surface area contributed by atoms with Crippen molar-refractivity contribution >= 4 is 5.97 Å². The number of benzene rings is 1. The van der Waals surface area contributed by atoms with E-state index in [2.05, 4.69) is 68.2 Å². The maximum atomic E-state index is 10.2. The Balaban J connectivity index is 0.000000441. The molecule has 0 atom stereocenters. The summed E-state index contributed by atoms with van der Waals surface area (Å²) in [5.41, 5.74) is 3.02. The summed E-state index contributed by atoms with van der Waals surface area (Å²) < 4.78 is 4.27. The normalized spacial score (nSPS) is 9.85. The van der Waals surface area contributed by atoms with Gasteiger partial charge in [-0.1, -0.05) is 37.4 Å². The van der Waals surface area contributed by atoms with E-state index in [1.54, 1.807) is 13.1 Å². The highest BCUT2D eigenvalue weighted by molar-refractivity contribution is 5.86. The molecule has 0 aromatic heterocycles. The van der Waals surface area contributed by atoms with E-state index >= 15 is 0 Å². The predicted octanol–water partition coefficient (Wildman–Crippen LogP) is 3.70. The zero-order valence-corrected chi connectivity index (χ0v) is 13.1. The molecule has 0 aliphatic heterocycles. The topological polar surface area (TPSA) is 38.3 Å². The van der Waals surface area contributed by atoms with Gasteiger partial charge in [-0.25, -0.2) is 4.79 Å². The molecular formula is C17H25NO2. The molecule has 0 aliphatic carbocycles. The average molecular weight is 275 g/mol. The number of nitrogens with one attached hydrogen (secondary N) is 1. The predicted molar refractivity (Wildman–Crippen MR) is 84.4 cm³/mol. The largest absolute Gasteiger partial charge is 0.466 e. The molecule has 0 amide bonds. The van der Waals surface area contributed by atoms with Crippen LogP contribution in [0.15, 0.2) is 49.2 Å². The molecule has 0 spiro atoms. The lowest BCUT2D eigenvalue weighted by atomic mass is 9.91. The van der Waals surface area contributed by atoms with Gasteiger partial charge >= 0.3 is 5.97 Å². The van der Waals surface area contributed by atoms with Gasteiger partial charge in [-0.15, -0.1) is 0 Å². The molecule has 0 aliphatic rings. The molecule has 0 heterocycles. The third-order valence-corrected chi connectivity index (χ3v) is 2.82. The molecule has 1 N–H and O–H groups in total. The van der Waals surface area contributed by atoms with Crippen molar-refractivity contribution in [2.24, 2.45) is 0 Å². The van der Waals surface area contributed by atoms with Gasteiger partial charge in [0.15, 0.2) is 0 Å². The fraction of sp³-hybridized carbons (Fsp3) is 0.353. The Hall–Kier alpha value is -2.03. The Labute approximate surface area is 122 Å². The molecule has 3 heteroatoms. The van der Waals surface area contributed by atoms with E-state index in [0.29, 0.717) is 5.57 Å². The second-order valence-corrected chi connectivity index (χ2v) is 5.06. The van der Waals surface area contributed by atoms with E-state index in [9.17, 15) is 4.79 Å². The number of methoxy groups -OCH3 is 1. The minimum atomic E-state index is -0.347. The smallest absolute Gasteiger partial charge is 0.332 e. The molecule has 0 radical (unpaired) electrons. The molecule has 20 heavy (non-hydrogen) atoms. The van der Waals surface area contributed by atoms with Gasteiger partial charge in [-0.3, -0.25) is 0 Å². The Morgan fingerprint density at radius 3 is 2.25 bits per heavy atom. The number of carbonyl (C=O) groups is 1. The molecule has 110 valence electrons. The summed E-state index contributed by atoms with van der Waals surface area (Å²) in [7, 11) is 1.33. The van der Waals surface area contributed by atoms with Crippen molar-refractivity contribution in [3.8, 4) is 0 Å². The number of esters is 1. The maximum absolute atomic E-state index is 10.2. The highest BCUT2D eigenvalue weighted by Gasteiger charge is 2.19. The molecule has 1 rings (SSSR count). The van der Waals surface area contributed by atoms with E-state index in [-0.39, 0.29) is 11.5 Å². The van der Waals surface area contributed by atoms with Crippen LogP contribution in [0.25, 0.3) is 0 Å². The van der Waals surface area contributed by atoms with E-state index in [4.69, 9.17) is 0 Å². The SMILES string of the molecule is C=C(C)C(=O)OC.C=CNC(C)(C)c1ccccc1C. The first-order valence-corrected chi connectivity index (χ1v) is 6.44. The van der Waals surface area contributed by atoms with Crippen LogP contribution in [0.3, 0.4) is 0 Å². The highest BCUT2D eigenvalue weighted by Crippen LogP contribution is 2.22. The van der Waals surface area contributed by atoms with Gasteiger partial charge in [0.2, 0.25) is 0 Å². The van der Waals surface area contributed by atoms with E-state index < -0.39 is 0 Å². The Bertz CT molecular complexity index is 476. The van der Waals surface area contributed by atoms with Crippen molar-refractivity contribution in [1.82, 2.24) is 5.32 Å². The second kappa shape index (κ2) is 8.20. The molecular weight excluding hydrogens is 250 g/mol. The van der Waals surface area contributed by atoms with Gasteiger partial charge in [0.05, 0.1) is 12.6 Å². The lowest BCUT2D eigenvalue weighted by Gasteiger charge is -2.27. The lowest BCUT2D eigenvalue weighted by Crippen LogP contribution is -2.32. The Kier molecular flexibility index (Phi) is 7.37. The van der Waals surface area contributed by atoms with Crippen LogP contribution in [-0.2, 0) is 15.1 Å². The number of carbonyl (C=O) groups excluding carboxylic acids is 1. The van der Waals surface area contributed by atoms with Gasteiger partial charge in [0.1, 0.15) is 0 Å². The monoisotopic (exact) mass is 275 g/mol. The zero-order valence-electron chi connectivity index (χ0n) is 13.1. The minimum absolute atomic E-state index is 0.0346. The lowest BCUT2D eigenvalue weighted by molar-refractivity contribution is -0.136. The summed E-state index contributed by atoms with van der Waals surface area (Å²) in [6, 6.07) is 8.39. The number of hydrogen-bond acceptors (Lipinski definition) is 3. The van der Waals surface area contributed by atoms with Crippen LogP contribution in [0.4, 0.5) is 0 Å². The molecule has 0 bridgehead atoms. The van der Waals surface area contributed by atoms with Crippen molar-refractivity contribution < 1.29 is 9.53 Å². The van der Waals surface area contributed by atoms with Crippen LogP contribution < -0.4 is 5.32 Å². The fourth-order valence-corrected chi connectivity index (χ4v) is 1.78. The second-order valence-electron chi connectivity index (χ2n) is 5.06. The molecule has 0 fully saturated rings. The van der Waals surface area contributed by atoms with Gasteiger partial charge in [-0.05, 0) is 45.0 Å². The van der Waals surface area contributed by atoms with Crippen LogP contribution in [0.5, 0.6) is 0 Å². The standard InChI is InChI=1S/C12H17N.C5H8O2/c1-5-13-12(3,4)11-9-7-6-8-10(11)2;1-4(2)5(6)7-3/h5-9,13H,1H2,2-4H3;1H2,2-3H3. The van der Waals surface area contributed by atoms with Gasteiger partial charge in [0, 0.05) is 5.57 Å². The molecule has 1 aromatic rings. The first-order chi connectivity index (χ1) is 9.26. The summed E-state index contributed by atoms with van der Waals surface area (Å²) in [5, 5.41) is 3.24. The minimum Gasteiger partial charge on any atom is -0.466 e. The quantitative estimate of drug-likeness (QED) is 0.672. The van der Waals surface area contributed by atoms with Crippen LogP contribution in [0.1, 0.15) is 31.9 Å². The molecule has 0 saturated heterocycles. The Morgan fingerprint density at radius 2 is 1.90 bits per heavy atom. The highest BCUT2D eigenvalue weighted by atomic mass is 16.5. The van der Waals surface area contributed by atoms with Crippen LogP contribution in [-0.4, -0.2) is 13.1 Å². The molecule has 0 unspecified atom stereocenters. The van der Waals surface area contributed by atoms with Gasteiger partial charge in [-0.2, -0.15) is 0 Å². The van der Waals surface area contributed by atoms with Crippen LogP contribution >= 0.6 is 0 Å². The Morgan fingerprint density at radius 1 is 1.35 bits per heavy atom. The number of aryl methyl sites for hydroxylation is 1. The fourth-order valence-electron chi connectivity index (χ4n) is 1.78. The van der Waals surface area contributed by atoms with Crippen molar-refractivity contribution in [2.75, 3.05) is 7.11 Å². The molecule has 0 saturated carbocycles. The van der Waals surface area contributed by atoms with Crippen molar-refractivity contribution in [2.45, 2.75) is 33.2 Å².